The smallest absolute Gasteiger partial charge is 0.232 e. The van der Waals surface area contributed by atoms with Crippen LogP contribution in [-0.4, -0.2) is 22.6 Å². The van der Waals surface area contributed by atoms with Gasteiger partial charge in [0.05, 0.1) is 5.92 Å². The summed E-state index contributed by atoms with van der Waals surface area (Å²) in [5.74, 6) is 1.09. The largest absolute Gasteiger partial charge is 0.339 e. The van der Waals surface area contributed by atoms with E-state index in [2.05, 4.69) is 39.1 Å². The zero-order valence-electron chi connectivity index (χ0n) is 14.4. The minimum Gasteiger partial charge on any atom is -0.339 e. The Labute approximate surface area is 160 Å². The highest BCUT2D eigenvalue weighted by Crippen LogP contribution is 2.33. The maximum atomic E-state index is 12.6. The van der Waals surface area contributed by atoms with Gasteiger partial charge in [0.15, 0.2) is 0 Å². The number of halogens is 1. The van der Waals surface area contributed by atoms with Crippen LogP contribution in [0.5, 0.6) is 0 Å². The summed E-state index contributed by atoms with van der Waals surface area (Å²) in [7, 11) is 0. The molecular weight excluding hydrogens is 394 g/mol. The third-order valence-electron chi connectivity index (χ3n) is 4.68. The molecule has 2 heterocycles. The average Bonchev–Trinajstić information content (AvgIpc) is 3.29. The number of para-hydroxylation sites is 1. The minimum atomic E-state index is -0.0795. The van der Waals surface area contributed by atoms with Crippen molar-refractivity contribution in [1.29, 1.82) is 0 Å². The van der Waals surface area contributed by atoms with Crippen molar-refractivity contribution in [3.63, 3.8) is 0 Å². The Morgan fingerprint density at radius 1 is 1.19 bits per heavy atom. The molecular formula is C20H18BrN3O2. The number of rotatable bonds is 4. The van der Waals surface area contributed by atoms with E-state index in [1.807, 2.05) is 47.4 Å². The van der Waals surface area contributed by atoms with E-state index >= 15 is 0 Å². The van der Waals surface area contributed by atoms with Gasteiger partial charge in [-0.3, -0.25) is 4.79 Å². The highest BCUT2D eigenvalue weighted by molar-refractivity contribution is 9.10. The lowest BCUT2D eigenvalue weighted by molar-refractivity contribution is -0.117. The van der Waals surface area contributed by atoms with E-state index in [1.165, 1.54) is 5.56 Å². The molecule has 4 rings (SSSR count). The van der Waals surface area contributed by atoms with Gasteiger partial charge in [0, 0.05) is 28.7 Å². The first-order valence-electron chi connectivity index (χ1n) is 8.63. The second-order valence-electron chi connectivity index (χ2n) is 6.35. The minimum absolute atomic E-state index is 0.0795. The average molecular weight is 412 g/mol. The van der Waals surface area contributed by atoms with Crippen molar-refractivity contribution >= 4 is 27.5 Å². The van der Waals surface area contributed by atoms with E-state index < -0.39 is 0 Å². The van der Waals surface area contributed by atoms with Crippen LogP contribution in [0, 0.1) is 0 Å². The fraction of sp³-hybridized carbons (Fsp3) is 0.250. The van der Waals surface area contributed by atoms with Gasteiger partial charge in [-0.05, 0) is 42.3 Å². The number of aryl methyl sites for hydroxylation is 1. The molecule has 1 aromatic heterocycles. The van der Waals surface area contributed by atoms with Gasteiger partial charge in [-0.25, -0.2) is 0 Å². The Balaban J connectivity index is 1.57. The molecule has 0 bridgehead atoms. The first kappa shape index (κ1) is 17.0. The molecule has 0 radical (unpaired) electrons. The molecule has 1 saturated heterocycles. The third-order valence-corrected chi connectivity index (χ3v) is 5.21. The maximum Gasteiger partial charge on any atom is 0.232 e. The summed E-state index contributed by atoms with van der Waals surface area (Å²) in [6.07, 6.45) is 1.28. The van der Waals surface area contributed by atoms with Gasteiger partial charge in [0.1, 0.15) is 0 Å². The van der Waals surface area contributed by atoms with E-state index in [1.54, 1.807) is 0 Å². The molecule has 0 N–H and O–H groups in total. The first-order chi connectivity index (χ1) is 12.7. The number of benzene rings is 2. The van der Waals surface area contributed by atoms with Gasteiger partial charge in [-0.2, -0.15) is 4.98 Å². The number of hydrogen-bond acceptors (Lipinski definition) is 4. The number of carbonyl (C=O) groups excluding carboxylic acids is 1. The van der Waals surface area contributed by atoms with Gasteiger partial charge in [0.2, 0.25) is 17.6 Å². The third kappa shape index (κ3) is 3.17. The van der Waals surface area contributed by atoms with E-state index in [9.17, 15) is 4.79 Å². The van der Waals surface area contributed by atoms with Crippen LogP contribution in [0.1, 0.15) is 30.7 Å². The Kier molecular flexibility index (Phi) is 4.59. The van der Waals surface area contributed by atoms with Crippen LogP contribution in [-0.2, 0) is 11.2 Å². The van der Waals surface area contributed by atoms with Gasteiger partial charge >= 0.3 is 0 Å². The maximum absolute atomic E-state index is 12.6. The Morgan fingerprint density at radius 3 is 2.73 bits per heavy atom. The highest BCUT2D eigenvalue weighted by Gasteiger charge is 2.35. The Morgan fingerprint density at radius 2 is 1.96 bits per heavy atom. The number of hydrogen-bond donors (Lipinski definition) is 0. The van der Waals surface area contributed by atoms with Crippen molar-refractivity contribution in [1.82, 2.24) is 10.1 Å². The monoisotopic (exact) mass is 411 g/mol. The first-order valence-corrected chi connectivity index (χ1v) is 9.43. The zero-order valence-corrected chi connectivity index (χ0v) is 15.9. The van der Waals surface area contributed by atoms with Crippen LogP contribution < -0.4 is 4.90 Å². The molecule has 0 aliphatic carbocycles. The van der Waals surface area contributed by atoms with Crippen molar-refractivity contribution in [2.24, 2.45) is 0 Å². The summed E-state index contributed by atoms with van der Waals surface area (Å²) < 4.78 is 6.47. The predicted octanol–water partition coefficient (Wildman–Crippen LogP) is 4.58. The van der Waals surface area contributed by atoms with Crippen molar-refractivity contribution in [3.05, 3.63) is 64.5 Å². The second kappa shape index (κ2) is 7.03. The molecule has 6 heteroatoms. The fourth-order valence-corrected chi connectivity index (χ4v) is 3.56. The molecule has 1 fully saturated rings. The Bertz CT molecular complexity index is 936. The van der Waals surface area contributed by atoms with Gasteiger partial charge in [-0.1, -0.05) is 46.2 Å². The SMILES string of the molecule is CCc1ccccc1N1CC(c2nc(-c3ccc(Br)cc3)no2)CC1=O. The molecule has 0 saturated carbocycles. The molecule has 1 atom stereocenters. The number of amides is 1. The second-order valence-corrected chi connectivity index (χ2v) is 7.27. The summed E-state index contributed by atoms with van der Waals surface area (Å²) in [4.78, 5) is 18.9. The summed E-state index contributed by atoms with van der Waals surface area (Å²) in [5, 5.41) is 4.09. The van der Waals surface area contributed by atoms with Crippen LogP contribution in [0.2, 0.25) is 0 Å². The van der Waals surface area contributed by atoms with Crippen molar-refractivity contribution in [2.75, 3.05) is 11.4 Å². The standard InChI is InChI=1S/C20H18BrN3O2/c1-2-13-5-3-4-6-17(13)24-12-15(11-18(24)25)20-22-19(23-26-20)14-7-9-16(21)10-8-14/h3-10,15H,2,11-12H2,1H3. The molecule has 26 heavy (non-hydrogen) atoms. The lowest BCUT2D eigenvalue weighted by Crippen LogP contribution is -2.25. The number of nitrogens with zero attached hydrogens (tertiary/aromatic N) is 3. The van der Waals surface area contributed by atoms with Crippen LogP contribution in [0.25, 0.3) is 11.4 Å². The van der Waals surface area contributed by atoms with Crippen LogP contribution in [0.3, 0.4) is 0 Å². The molecule has 1 aliphatic heterocycles. The normalized spacial score (nSPS) is 17.1. The van der Waals surface area contributed by atoms with E-state index in [0.29, 0.717) is 24.7 Å². The van der Waals surface area contributed by atoms with E-state index in [0.717, 1.165) is 22.1 Å². The van der Waals surface area contributed by atoms with Crippen molar-refractivity contribution in [2.45, 2.75) is 25.7 Å². The molecule has 132 valence electrons. The molecule has 1 unspecified atom stereocenters. The summed E-state index contributed by atoms with van der Waals surface area (Å²) in [6, 6.07) is 15.8. The fourth-order valence-electron chi connectivity index (χ4n) is 3.30. The summed E-state index contributed by atoms with van der Waals surface area (Å²) in [6.45, 7) is 2.66. The lowest BCUT2D eigenvalue weighted by Gasteiger charge is -2.19. The molecule has 1 aliphatic rings. The number of anilines is 1. The molecule has 1 amide bonds. The van der Waals surface area contributed by atoms with Crippen LogP contribution in [0.4, 0.5) is 5.69 Å². The summed E-state index contributed by atoms with van der Waals surface area (Å²) in [5.41, 5.74) is 3.04. The van der Waals surface area contributed by atoms with Gasteiger partial charge in [0.25, 0.3) is 0 Å². The topological polar surface area (TPSA) is 59.2 Å². The summed E-state index contributed by atoms with van der Waals surface area (Å²) >= 11 is 3.42. The van der Waals surface area contributed by atoms with Gasteiger partial charge < -0.3 is 9.42 Å². The van der Waals surface area contributed by atoms with Gasteiger partial charge in [-0.15, -0.1) is 0 Å². The van der Waals surface area contributed by atoms with Crippen molar-refractivity contribution in [3.8, 4) is 11.4 Å². The lowest BCUT2D eigenvalue weighted by atomic mass is 10.1. The molecule has 5 nitrogen and oxygen atoms in total. The predicted molar refractivity (Wildman–Crippen MR) is 103 cm³/mol. The molecule has 0 spiro atoms. The van der Waals surface area contributed by atoms with E-state index in [4.69, 9.17) is 4.52 Å². The van der Waals surface area contributed by atoms with Crippen LogP contribution in [0.15, 0.2) is 57.5 Å². The van der Waals surface area contributed by atoms with E-state index in [-0.39, 0.29) is 11.8 Å². The zero-order chi connectivity index (χ0) is 18.1. The number of aromatic nitrogens is 2. The quantitative estimate of drug-likeness (QED) is 0.630. The number of carbonyl (C=O) groups is 1. The Hall–Kier alpha value is -2.47. The molecule has 3 aromatic rings. The highest BCUT2D eigenvalue weighted by atomic mass is 79.9. The molecule has 2 aromatic carbocycles. The van der Waals surface area contributed by atoms with Crippen molar-refractivity contribution < 1.29 is 9.32 Å². The van der Waals surface area contributed by atoms with Crippen LogP contribution >= 0.6 is 15.9 Å².